The second kappa shape index (κ2) is 9.55. The van der Waals surface area contributed by atoms with E-state index in [0.717, 1.165) is 0 Å². The number of nitrogens with two attached hydrogens (primary N) is 1. The largest absolute Gasteiger partial charge is 0.492 e. The molecular formula is C12H18ClFN2O3. The SMILES string of the molecule is COCC(N)C(=O)NCCOc1ccc(F)cc1.Cl. The molecule has 1 aromatic rings. The fourth-order valence-corrected chi connectivity index (χ4v) is 1.26. The van der Waals surface area contributed by atoms with Crippen LogP contribution in [0, 0.1) is 5.82 Å². The smallest absolute Gasteiger partial charge is 0.239 e. The third-order valence-corrected chi connectivity index (χ3v) is 2.17. The van der Waals surface area contributed by atoms with E-state index in [2.05, 4.69) is 5.32 Å². The van der Waals surface area contributed by atoms with Gasteiger partial charge in [0.1, 0.15) is 24.2 Å². The van der Waals surface area contributed by atoms with E-state index in [1.807, 2.05) is 0 Å². The number of nitrogens with one attached hydrogen (secondary N) is 1. The van der Waals surface area contributed by atoms with E-state index in [9.17, 15) is 9.18 Å². The first-order chi connectivity index (χ1) is 8.63. The van der Waals surface area contributed by atoms with Gasteiger partial charge in [-0.05, 0) is 24.3 Å². The number of halogens is 2. The zero-order valence-corrected chi connectivity index (χ0v) is 11.4. The van der Waals surface area contributed by atoms with Crippen molar-refractivity contribution >= 4 is 18.3 Å². The van der Waals surface area contributed by atoms with E-state index in [0.29, 0.717) is 12.3 Å². The van der Waals surface area contributed by atoms with Crippen molar-refractivity contribution in [2.45, 2.75) is 6.04 Å². The van der Waals surface area contributed by atoms with Gasteiger partial charge < -0.3 is 20.5 Å². The average molecular weight is 293 g/mol. The van der Waals surface area contributed by atoms with Gasteiger partial charge in [-0.15, -0.1) is 12.4 Å². The molecule has 0 saturated carbocycles. The number of hydrogen-bond donors (Lipinski definition) is 2. The lowest BCUT2D eigenvalue weighted by atomic mass is 10.3. The van der Waals surface area contributed by atoms with Crippen molar-refractivity contribution in [2.75, 3.05) is 26.9 Å². The molecular weight excluding hydrogens is 275 g/mol. The van der Waals surface area contributed by atoms with Crippen LogP contribution in [-0.4, -0.2) is 38.8 Å². The summed E-state index contributed by atoms with van der Waals surface area (Å²) >= 11 is 0. The van der Waals surface area contributed by atoms with E-state index in [4.69, 9.17) is 15.2 Å². The van der Waals surface area contributed by atoms with Crippen LogP contribution in [0.25, 0.3) is 0 Å². The number of rotatable bonds is 7. The van der Waals surface area contributed by atoms with E-state index in [1.165, 1.54) is 31.4 Å². The van der Waals surface area contributed by atoms with Crippen LogP contribution in [0.1, 0.15) is 0 Å². The Morgan fingerprint density at radius 3 is 2.63 bits per heavy atom. The molecule has 0 spiro atoms. The quantitative estimate of drug-likeness (QED) is 0.726. The van der Waals surface area contributed by atoms with Crippen molar-refractivity contribution in [1.29, 1.82) is 0 Å². The van der Waals surface area contributed by atoms with Gasteiger partial charge in [0.15, 0.2) is 0 Å². The number of hydrogen-bond acceptors (Lipinski definition) is 4. The van der Waals surface area contributed by atoms with Gasteiger partial charge in [-0.25, -0.2) is 4.39 Å². The zero-order valence-electron chi connectivity index (χ0n) is 10.6. The summed E-state index contributed by atoms with van der Waals surface area (Å²) in [6, 6.07) is 4.98. The maximum Gasteiger partial charge on any atom is 0.239 e. The Morgan fingerprint density at radius 2 is 2.05 bits per heavy atom. The molecule has 1 aromatic carbocycles. The molecule has 0 heterocycles. The second-order valence-electron chi connectivity index (χ2n) is 3.66. The summed E-state index contributed by atoms with van der Waals surface area (Å²) in [5.41, 5.74) is 5.52. The molecule has 1 atom stereocenters. The highest BCUT2D eigenvalue weighted by atomic mass is 35.5. The van der Waals surface area contributed by atoms with Gasteiger partial charge in [-0.3, -0.25) is 4.79 Å². The number of carbonyl (C=O) groups is 1. The molecule has 1 amide bonds. The van der Waals surface area contributed by atoms with Gasteiger partial charge in [0.25, 0.3) is 0 Å². The minimum Gasteiger partial charge on any atom is -0.492 e. The minimum atomic E-state index is -0.680. The average Bonchev–Trinajstić information content (AvgIpc) is 2.36. The molecule has 1 unspecified atom stereocenters. The first-order valence-electron chi connectivity index (χ1n) is 5.54. The van der Waals surface area contributed by atoms with Crippen molar-refractivity contribution in [2.24, 2.45) is 5.73 Å². The summed E-state index contributed by atoms with van der Waals surface area (Å²) in [5, 5.41) is 2.61. The van der Waals surface area contributed by atoms with Crippen LogP contribution >= 0.6 is 12.4 Å². The van der Waals surface area contributed by atoms with Crippen molar-refractivity contribution in [3.05, 3.63) is 30.1 Å². The molecule has 1 rings (SSSR count). The highest BCUT2D eigenvalue weighted by Crippen LogP contribution is 2.10. The van der Waals surface area contributed by atoms with Gasteiger partial charge >= 0.3 is 0 Å². The molecule has 0 saturated heterocycles. The lowest BCUT2D eigenvalue weighted by Gasteiger charge is -2.11. The number of benzene rings is 1. The molecule has 0 aliphatic rings. The van der Waals surface area contributed by atoms with Gasteiger partial charge in [0.2, 0.25) is 5.91 Å². The van der Waals surface area contributed by atoms with E-state index in [1.54, 1.807) is 0 Å². The van der Waals surface area contributed by atoms with Crippen LogP contribution in [0.2, 0.25) is 0 Å². The zero-order chi connectivity index (χ0) is 13.4. The standard InChI is InChI=1S/C12H17FN2O3.ClH/c1-17-8-11(14)12(16)15-6-7-18-10-4-2-9(13)3-5-10;/h2-5,11H,6-8,14H2,1H3,(H,15,16);1H. The van der Waals surface area contributed by atoms with Crippen LogP contribution in [0.5, 0.6) is 5.75 Å². The van der Waals surface area contributed by atoms with Crippen LogP contribution < -0.4 is 15.8 Å². The fraction of sp³-hybridized carbons (Fsp3) is 0.417. The van der Waals surface area contributed by atoms with Gasteiger partial charge in [-0.1, -0.05) is 0 Å². The van der Waals surface area contributed by atoms with Crippen LogP contribution in [-0.2, 0) is 9.53 Å². The highest BCUT2D eigenvalue weighted by Gasteiger charge is 2.11. The first kappa shape index (κ1) is 17.6. The van der Waals surface area contributed by atoms with Crippen molar-refractivity contribution in [3.8, 4) is 5.75 Å². The Bertz CT molecular complexity index is 376. The summed E-state index contributed by atoms with van der Waals surface area (Å²) < 4.78 is 22.7. The van der Waals surface area contributed by atoms with E-state index < -0.39 is 6.04 Å². The second-order valence-corrected chi connectivity index (χ2v) is 3.66. The summed E-state index contributed by atoms with van der Waals surface area (Å²) in [6.07, 6.45) is 0. The Labute approximate surface area is 117 Å². The number of carbonyl (C=O) groups excluding carboxylic acids is 1. The van der Waals surface area contributed by atoms with Crippen LogP contribution in [0.3, 0.4) is 0 Å². The molecule has 0 radical (unpaired) electrons. The molecule has 19 heavy (non-hydrogen) atoms. The first-order valence-corrected chi connectivity index (χ1v) is 5.54. The molecule has 5 nitrogen and oxygen atoms in total. The Hall–Kier alpha value is -1.37. The maximum atomic E-state index is 12.6. The molecule has 0 fully saturated rings. The maximum absolute atomic E-state index is 12.6. The third kappa shape index (κ3) is 6.95. The predicted molar refractivity (Wildman–Crippen MR) is 72.0 cm³/mol. The topological polar surface area (TPSA) is 73.6 Å². The summed E-state index contributed by atoms with van der Waals surface area (Å²) in [6.45, 7) is 0.787. The normalized spacial score (nSPS) is 11.3. The number of methoxy groups -OCH3 is 1. The molecule has 0 aliphatic carbocycles. The molecule has 7 heteroatoms. The number of amides is 1. The summed E-state index contributed by atoms with van der Waals surface area (Å²) in [7, 11) is 1.48. The third-order valence-electron chi connectivity index (χ3n) is 2.17. The van der Waals surface area contributed by atoms with Gasteiger partial charge in [-0.2, -0.15) is 0 Å². The van der Waals surface area contributed by atoms with Gasteiger partial charge in [0, 0.05) is 7.11 Å². The summed E-state index contributed by atoms with van der Waals surface area (Å²) in [5.74, 6) is -0.0624. The fourth-order valence-electron chi connectivity index (χ4n) is 1.26. The molecule has 0 bridgehead atoms. The van der Waals surface area contributed by atoms with Crippen LogP contribution in [0.4, 0.5) is 4.39 Å². The molecule has 108 valence electrons. The molecule has 0 aromatic heterocycles. The predicted octanol–water partition coefficient (Wildman–Crippen LogP) is 0.716. The van der Waals surface area contributed by atoms with Crippen molar-refractivity contribution < 1.29 is 18.7 Å². The van der Waals surface area contributed by atoms with E-state index in [-0.39, 0.29) is 37.3 Å². The van der Waals surface area contributed by atoms with Crippen LogP contribution in [0.15, 0.2) is 24.3 Å². The van der Waals surface area contributed by atoms with Crippen molar-refractivity contribution in [3.63, 3.8) is 0 Å². The molecule has 0 aliphatic heterocycles. The summed E-state index contributed by atoms with van der Waals surface area (Å²) in [4.78, 5) is 11.4. The Balaban J connectivity index is 0.00000324. The highest BCUT2D eigenvalue weighted by molar-refractivity contribution is 5.85. The monoisotopic (exact) mass is 292 g/mol. The van der Waals surface area contributed by atoms with Gasteiger partial charge in [0.05, 0.1) is 13.2 Å². The Morgan fingerprint density at radius 1 is 1.42 bits per heavy atom. The lowest BCUT2D eigenvalue weighted by Crippen LogP contribution is -2.44. The molecule has 3 N–H and O–H groups in total. The minimum absolute atomic E-state index is 0. The van der Waals surface area contributed by atoms with Crippen molar-refractivity contribution in [1.82, 2.24) is 5.32 Å². The Kier molecular flexibility index (Phi) is 8.86. The number of ether oxygens (including phenoxy) is 2. The van der Waals surface area contributed by atoms with E-state index >= 15 is 0 Å². The lowest BCUT2D eigenvalue weighted by molar-refractivity contribution is -0.123.